The predicted molar refractivity (Wildman–Crippen MR) is 88.4 cm³/mol. The van der Waals surface area contributed by atoms with E-state index in [0.29, 0.717) is 6.42 Å². The predicted octanol–water partition coefficient (Wildman–Crippen LogP) is 4.29. The molecule has 0 amide bonds. The Morgan fingerprint density at radius 2 is 1.91 bits per heavy atom. The monoisotopic (exact) mass is 293 g/mol. The van der Waals surface area contributed by atoms with Gasteiger partial charge in [-0.05, 0) is 36.2 Å². The molecule has 1 N–H and O–H groups in total. The highest BCUT2D eigenvalue weighted by atomic mass is 16.5. The molecule has 2 aromatic carbocycles. The zero-order valence-electron chi connectivity index (χ0n) is 12.8. The van der Waals surface area contributed by atoms with Crippen LogP contribution in [-0.4, -0.2) is 17.9 Å². The van der Waals surface area contributed by atoms with Crippen molar-refractivity contribution in [2.24, 2.45) is 0 Å². The van der Waals surface area contributed by atoms with E-state index in [1.807, 2.05) is 36.5 Å². The Balaban J connectivity index is 2.13. The number of ether oxygens (including phenoxy) is 1. The van der Waals surface area contributed by atoms with E-state index in [0.717, 1.165) is 27.8 Å². The summed E-state index contributed by atoms with van der Waals surface area (Å²) in [7, 11) is 1.67. The standard InChI is InChI=1S/C19H19NO2/c1-13(21)10-17(14-6-4-3-5-7-14)16-11-15-8-9-20-19(15)18(12-16)22-2/h3-9,11-12,17,20H,10H2,1-2H3. The van der Waals surface area contributed by atoms with Gasteiger partial charge in [-0.2, -0.15) is 0 Å². The van der Waals surface area contributed by atoms with Crippen LogP contribution in [0.1, 0.15) is 30.4 Å². The summed E-state index contributed by atoms with van der Waals surface area (Å²) in [4.78, 5) is 14.9. The van der Waals surface area contributed by atoms with Crippen LogP contribution in [0.15, 0.2) is 54.7 Å². The molecule has 3 nitrogen and oxygen atoms in total. The molecule has 1 unspecified atom stereocenters. The van der Waals surface area contributed by atoms with Crippen LogP contribution in [0, 0.1) is 0 Å². The van der Waals surface area contributed by atoms with Gasteiger partial charge in [0.1, 0.15) is 11.5 Å². The molecule has 0 saturated heterocycles. The van der Waals surface area contributed by atoms with Gasteiger partial charge in [-0.25, -0.2) is 0 Å². The molecule has 0 aliphatic rings. The van der Waals surface area contributed by atoms with Crippen molar-refractivity contribution in [1.82, 2.24) is 4.98 Å². The zero-order valence-corrected chi connectivity index (χ0v) is 12.8. The smallest absolute Gasteiger partial charge is 0.143 e. The van der Waals surface area contributed by atoms with Crippen LogP contribution in [0.5, 0.6) is 5.75 Å². The summed E-state index contributed by atoms with van der Waals surface area (Å²) in [5.74, 6) is 1.04. The number of carbonyl (C=O) groups is 1. The number of H-pyrrole nitrogens is 1. The highest BCUT2D eigenvalue weighted by Crippen LogP contribution is 2.34. The molecule has 1 heterocycles. The number of carbonyl (C=O) groups excluding carboxylic acids is 1. The average Bonchev–Trinajstić information content (AvgIpc) is 3.00. The van der Waals surface area contributed by atoms with Crippen molar-refractivity contribution < 1.29 is 9.53 Å². The molecule has 0 spiro atoms. The number of hydrogen-bond acceptors (Lipinski definition) is 2. The second-order valence-corrected chi connectivity index (χ2v) is 5.53. The van der Waals surface area contributed by atoms with Gasteiger partial charge in [-0.1, -0.05) is 30.3 Å². The number of ketones is 1. The number of fused-ring (bicyclic) bond motifs is 1. The molecule has 112 valence electrons. The van der Waals surface area contributed by atoms with Crippen LogP contribution in [0.4, 0.5) is 0 Å². The van der Waals surface area contributed by atoms with Gasteiger partial charge in [0.2, 0.25) is 0 Å². The molecule has 1 atom stereocenters. The van der Waals surface area contributed by atoms with Gasteiger partial charge in [-0.3, -0.25) is 4.79 Å². The molecule has 0 saturated carbocycles. The normalized spacial score (nSPS) is 12.3. The Morgan fingerprint density at radius 1 is 1.14 bits per heavy atom. The fourth-order valence-electron chi connectivity index (χ4n) is 2.92. The Labute approximate surface area is 129 Å². The number of aromatic nitrogens is 1. The van der Waals surface area contributed by atoms with Gasteiger partial charge in [0.15, 0.2) is 0 Å². The third-order valence-corrected chi connectivity index (χ3v) is 3.96. The maximum Gasteiger partial charge on any atom is 0.143 e. The Bertz CT molecular complexity index is 790. The summed E-state index contributed by atoms with van der Waals surface area (Å²) in [5, 5.41) is 1.10. The molecule has 1 aromatic heterocycles. The fraction of sp³-hybridized carbons (Fsp3) is 0.211. The van der Waals surface area contributed by atoms with Gasteiger partial charge in [0, 0.05) is 23.9 Å². The Morgan fingerprint density at radius 3 is 2.59 bits per heavy atom. The number of methoxy groups -OCH3 is 1. The largest absolute Gasteiger partial charge is 0.495 e. The quantitative estimate of drug-likeness (QED) is 0.762. The molecule has 0 aliphatic carbocycles. The van der Waals surface area contributed by atoms with Crippen LogP contribution in [0.2, 0.25) is 0 Å². The summed E-state index contributed by atoms with van der Waals surface area (Å²) in [6.45, 7) is 1.64. The SMILES string of the molecule is COc1cc(C(CC(C)=O)c2ccccc2)cc2cc[nH]c12. The first kappa shape index (κ1) is 14.4. The Kier molecular flexibility index (Phi) is 3.96. The first-order valence-electron chi connectivity index (χ1n) is 7.38. The topological polar surface area (TPSA) is 42.1 Å². The van der Waals surface area contributed by atoms with Crippen molar-refractivity contribution in [1.29, 1.82) is 0 Å². The van der Waals surface area contributed by atoms with Crippen LogP contribution in [0.3, 0.4) is 0 Å². The number of nitrogens with one attached hydrogen (secondary N) is 1. The second-order valence-electron chi connectivity index (χ2n) is 5.53. The van der Waals surface area contributed by atoms with Gasteiger partial charge in [0.05, 0.1) is 12.6 Å². The molecule has 0 fully saturated rings. The van der Waals surface area contributed by atoms with E-state index in [1.165, 1.54) is 0 Å². The molecule has 0 radical (unpaired) electrons. The summed E-state index contributed by atoms with van der Waals surface area (Å²) in [5.41, 5.74) is 3.24. The van der Waals surface area contributed by atoms with E-state index in [1.54, 1.807) is 14.0 Å². The highest BCUT2D eigenvalue weighted by Gasteiger charge is 2.18. The van der Waals surface area contributed by atoms with E-state index in [4.69, 9.17) is 4.74 Å². The minimum absolute atomic E-state index is 0.0481. The molecule has 3 rings (SSSR count). The zero-order chi connectivity index (χ0) is 15.5. The third kappa shape index (κ3) is 2.75. The van der Waals surface area contributed by atoms with E-state index in [9.17, 15) is 4.79 Å². The molecular formula is C19H19NO2. The molecular weight excluding hydrogens is 274 g/mol. The van der Waals surface area contributed by atoms with Gasteiger partial charge in [-0.15, -0.1) is 0 Å². The lowest BCUT2D eigenvalue weighted by Gasteiger charge is -2.18. The average molecular weight is 293 g/mol. The van der Waals surface area contributed by atoms with Crippen LogP contribution >= 0.6 is 0 Å². The number of benzene rings is 2. The third-order valence-electron chi connectivity index (χ3n) is 3.96. The minimum atomic E-state index is 0.0481. The van der Waals surface area contributed by atoms with Crippen molar-refractivity contribution in [2.45, 2.75) is 19.3 Å². The van der Waals surface area contributed by atoms with Gasteiger partial charge < -0.3 is 9.72 Å². The van der Waals surface area contributed by atoms with Crippen LogP contribution in [0.25, 0.3) is 10.9 Å². The lowest BCUT2D eigenvalue weighted by atomic mass is 9.86. The number of rotatable bonds is 5. The molecule has 22 heavy (non-hydrogen) atoms. The number of aromatic amines is 1. The van der Waals surface area contributed by atoms with Gasteiger partial charge >= 0.3 is 0 Å². The van der Waals surface area contributed by atoms with Crippen molar-refractivity contribution in [2.75, 3.05) is 7.11 Å². The van der Waals surface area contributed by atoms with Crippen molar-refractivity contribution >= 4 is 16.7 Å². The summed E-state index contributed by atoms with van der Waals surface area (Å²) in [6, 6.07) is 16.3. The summed E-state index contributed by atoms with van der Waals surface area (Å²) >= 11 is 0. The molecule has 3 heteroatoms. The van der Waals surface area contributed by atoms with E-state index in [2.05, 4.69) is 23.2 Å². The van der Waals surface area contributed by atoms with E-state index < -0.39 is 0 Å². The number of Topliss-reactive ketones (excluding diaryl/α,β-unsaturated/α-hetero) is 1. The number of hydrogen-bond donors (Lipinski definition) is 1. The first-order valence-corrected chi connectivity index (χ1v) is 7.38. The first-order chi connectivity index (χ1) is 10.7. The van der Waals surface area contributed by atoms with Crippen molar-refractivity contribution in [3.8, 4) is 5.75 Å². The van der Waals surface area contributed by atoms with Crippen molar-refractivity contribution in [3.63, 3.8) is 0 Å². The fourth-order valence-corrected chi connectivity index (χ4v) is 2.92. The molecule has 0 bridgehead atoms. The highest BCUT2D eigenvalue weighted by molar-refractivity contribution is 5.86. The van der Waals surface area contributed by atoms with Gasteiger partial charge in [0.25, 0.3) is 0 Å². The lowest BCUT2D eigenvalue weighted by Crippen LogP contribution is -2.06. The summed E-state index contributed by atoms with van der Waals surface area (Å²) in [6.07, 6.45) is 2.39. The Hall–Kier alpha value is -2.55. The maximum atomic E-state index is 11.7. The second kappa shape index (κ2) is 6.06. The maximum absolute atomic E-state index is 11.7. The van der Waals surface area contributed by atoms with E-state index >= 15 is 0 Å². The van der Waals surface area contributed by atoms with Crippen LogP contribution in [-0.2, 0) is 4.79 Å². The summed E-state index contributed by atoms with van der Waals surface area (Å²) < 4.78 is 5.50. The lowest BCUT2D eigenvalue weighted by molar-refractivity contribution is -0.117. The van der Waals surface area contributed by atoms with E-state index in [-0.39, 0.29) is 11.7 Å². The molecule has 0 aliphatic heterocycles. The molecule has 3 aromatic rings. The van der Waals surface area contributed by atoms with Crippen LogP contribution < -0.4 is 4.74 Å². The minimum Gasteiger partial charge on any atom is -0.495 e. The van der Waals surface area contributed by atoms with Crippen molar-refractivity contribution in [3.05, 3.63) is 65.9 Å².